The number of ether oxygens (including phenoxy) is 1. The molecule has 0 saturated heterocycles. The molecule has 5 heteroatoms. The second-order valence-electron chi connectivity index (χ2n) is 5.71. The Kier molecular flexibility index (Phi) is 17.4. The summed E-state index contributed by atoms with van der Waals surface area (Å²) < 4.78 is 5.90. The molecule has 0 aromatic rings. The first-order valence-electron chi connectivity index (χ1n) is 8.38. The molecule has 2 nitrogen and oxygen atoms in total. The maximum atomic E-state index is 11.2. The Balaban J connectivity index is 3.08. The highest BCUT2D eigenvalue weighted by Gasteiger charge is 2.02. The summed E-state index contributed by atoms with van der Waals surface area (Å²) in [5.74, 6) is -0.256. The van der Waals surface area contributed by atoms with E-state index < -0.39 is 0 Å². The van der Waals surface area contributed by atoms with E-state index >= 15 is 0 Å². The third kappa shape index (κ3) is 17.2. The van der Waals surface area contributed by atoms with Crippen LogP contribution in [0.2, 0.25) is 6.04 Å². The molecule has 0 spiro atoms. The summed E-state index contributed by atoms with van der Waals surface area (Å²) in [4.78, 5) is 11.2. The highest BCUT2D eigenvalue weighted by atomic mass is 127. The molecule has 0 saturated carbocycles. The summed E-state index contributed by atoms with van der Waals surface area (Å²) in [7, 11) is 1.13. The van der Waals surface area contributed by atoms with Gasteiger partial charge in [0.25, 0.3) is 0 Å². The number of unbranched alkanes of at least 4 members (excludes halogenated alkanes) is 9. The first kappa shape index (κ1) is 22.9. The van der Waals surface area contributed by atoms with Crippen LogP contribution in [0.3, 0.4) is 0 Å². The zero-order chi connectivity index (χ0) is 16.6. The van der Waals surface area contributed by atoms with Gasteiger partial charge in [-0.3, -0.25) is 0 Å². The van der Waals surface area contributed by atoms with Gasteiger partial charge in [0, 0.05) is 5.57 Å². The van der Waals surface area contributed by atoms with E-state index in [1.807, 2.05) is 0 Å². The molecule has 0 aromatic carbocycles. The normalized spacial score (nSPS) is 10.9. The monoisotopic (exact) mass is 548 g/mol. The number of hydrogen-bond donors (Lipinski definition) is 0. The van der Waals surface area contributed by atoms with Crippen molar-refractivity contribution >= 4 is 60.7 Å². The molecular formula is C17H30I2O2Si. The second kappa shape index (κ2) is 16.7. The van der Waals surface area contributed by atoms with Crippen LogP contribution in [0, 0.1) is 0 Å². The van der Waals surface area contributed by atoms with E-state index in [1.165, 1.54) is 57.4 Å². The van der Waals surface area contributed by atoms with E-state index in [9.17, 15) is 4.79 Å². The second-order valence-corrected chi connectivity index (χ2v) is 14.4. The lowest BCUT2D eigenvalue weighted by atomic mass is 10.1. The Morgan fingerprint density at radius 2 is 1.41 bits per heavy atom. The van der Waals surface area contributed by atoms with Crippen molar-refractivity contribution in [3.63, 3.8) is 0 Å². The van der Waals surface area contributed by atoms with Crippen molar-refractivity contribution < 1.29 is 9.53 Å². The van der Waals surface area contributed by atoms with Gasteiger partial charge >= 0.3 is 5.97 Å². The largest absolute Gasteiger partial charge is 0.462 e. The number of hydrogen-bond acceptors (Lipinski definition) is 2. The summed E-state index contributed by atoms with van der Waals surface area (Å²) in [6.45, 7) is 5.80. The van der Waals surface area contributed by atoms with E-state index in [4.69, 9.17) is 4.74 Å². The van der Waals surface area contributed by atoms with Crippen molar-refractivity contribution in [1.82, 2.24) is 0 Å². The van der Waals surface area contributed by atoms with Crippen molar-refractivity contribution in [2.45, 2.75) is 78.7 Å². The summed E-state index contributed by atoms with van der Waals surface area (Å²) in [6, 6.07) is 1.42. The van der Waals surface area contributed by atoms with Crippen LogP contribution in [-0.4, -0.2) is 23.7 Å². The minimum Gasteiger partial charge on any atom is -0.462 e. The van der Waals surface area contributed by atoms with Crippen molar-refractivity contribution in [3.05, 3.63) is 12.2 Å². The van der Waals surface area contributed by atoms with Crippen molar-refractivity contribution in [2.75, 3.05) is 6.61 Å². The Bertz CT molecular complexity index is 296. The summed E-state index contributed by atoms with van der Waals surface area (Å²) in [5, 5.41) is 0. The Labute approximate surface area is 166 Å². The number of esters is 1. The first-order valence-corrected chi connectivity index (χ1v) is 12.2. The van der Waals surface area contributed by atoms with Gasteiger partial charge < -0.3 is 4.74 Å². The molecule has 0 fully saturated rings. The van der Waals surface area contributed by atoms with Crippen LogP contribution < -0.4 is 0 Å². The number of alkyl halides is 2. The molecule has 0 bridgehead atoms. The molecule has 0 unspecified atom stereocenters. The molecule has 0 aromatic heterocycles. The average Bonchev–Trinajstić information content (AvgIpc) is 2.46. The van der Waals surface area contributed by atoms with Crippen LogP contribution in [0.5, 0.6) is 0 Å². The summed E-state index contributed by atoms with van der Waals surface area (Å²) in [6.07, 6.45) is 13.1. The third-order valence-electron chi connectivity index (χ3n) is 3.45. The first-order chi connectivity index (χ1) is 10.5. The molecule has 0 amide bonds. The highest BCUT2D eigenvalue weighted by molar-refractivity contribution is 14.2. The van der Waals surface area contributed by atoms with Gasteiger partial charge in [0.1, 0.15) is 0 Å². The van der Waals surface area contributed by atoms with Crippen LogP contribution in [0.1, 0.15) is 71.1 Å². The van der Waals surface area contributed by atoms with Gasteiger partial charge in [0.15, 0.2) is 0 Å². The molecule has 0 atom stereocenters. The van der Waals surface area contributed by atoms with Gasteiger partial charge in [0.05, 0.1) is 17.7 Å². The Morgan fingerprint density at radius 3 is 1.86 bits per heavy atom. The summed E-state index contributed by atoms with van der Waals surface area (Å²) >= 11 is 5.03. The smallest absolute Gasteiger partial charge is 0.333 e. The van der Waals surface area contributed by atoms with Crippen LogP contribution in [0.25, 0.3) is 0 Å². The Hall–Kier alpha value is 0.887. The molecule has 22 heavy (non-hydrogen) atoms. The standard InChI is InChI=1S/C17H30I2O2Si/c1-15(2)16(20)21-13-11-9-7-5-3-4-6-8-10-12-14-22-17(18)19/h17H,1,3-14H2,2H3. The van der Waals surface area contributed by atoms with Gasteiger partial charge in [-0.2, -0.15) is 0 Å². The van der Waals surface area contributed by atoms with E-state index in [2.05, 4.69) is 51.8 Å². The quantitative estimate of drug-likeness (QED) is 0.0602. The van der Waals surface area contributed by atoms with Gasteiger partial charge in [0.2, 0.25) is 0 Å². The minimum absolute atomic E-state index is 0.256. The number of carbonyl (C=O) groups is 1. The van der Waals surface area contributed by atoms with Crippen LogP contribution >= 0.6 is 45.2 Å². The predicted octanol–water partition coefficient (Wildman–Crippen LogP) is 6.28. The summed E-state index contributed by atoms with van der Waals surface area (Å²) in [5.41, 5.74) is 0.490. The predicted molar refractivity (Wildman–Crippen MR) is 114 cm³/mol. The fraction of sp³-hybridized carbons (Fsp3) is 0.824. The molecular weight excluding hydrogens is 518 g/mol. The molecule has 0 N–H and O–H groups in total. The molecule has 0 rings (SSSR count). The number of halogens is 2. The lowest BCUT2D eigenvalue weighted by Crippen LogP contribution is -2.05. The van der Waals surface area contributed by atoms with Crippen LogP contribution in [0.15, 0.2) is 12.2 Å². The molecule has 0 heterocycles. The molecule has 0 aliphatic heterocycles. The van der Waals surface area contributed by atoms with Crippen molar-refractivity contribution in [1.29, 1.82) is 0 Å². The van der Waals surface area contributed by atoms with Gasteiger partial charge in [-0.15, -0.1) is 0 Å². The minimum atomic E-state index is -0.256. The number of rotatable bonds is 15. The molecule has 0 aliphatic carbocycles. The van der Waals surface area contributed by atoms with E-state index in [0.717, 1.165) is 23.9 Å². The van der Waals surface area contributed by atoms with Crippen LogP contribution in [-0.2, 0) is 9.53 Å². The lowest BCUT2D eigenvalue weighted by Gasteiger charge is -2.05. The zero-order valence-corrected chi connectivity index (χ0v) is 19.2. The van der Waals surface area contributed by atoms with Gasteiger partial charge in [-0.25, -0.2) is 4.79 Å². The topological polar surface area (TPSA) is 26.3 Å². The van der Waals surface area contributed by atoms with Crippen molar-refractivity contribution in [3.8, 4) is 0 Å². The highest BCUT2D eigenvalue weighted by Crippen LogP contribution is 2.14. The van der Waals surface area contributed by atoms with E-state index in [-0.39, 0.29) is 5.97 Å². The fourth-order valence-corrected chi connectivity index (χ4v) is 4.68. The maximum Gasteiger partial charge on any atom is 0.333 e. The van der Waals surface area contributed by atoms with Crippen molar-refractivity contribution in [2.24, 2.45) is 0 Å². The van der Waals surface area contributed by atoms with Crippen LogP contribution in [0.4, 0.5) is 0 Å². The van der Waals surface area contributed by atoms with E-state index in [0.29, 0.717) is 12.2 Å². The van der Waals surface area contributed by atoms with E-state index in [1.54, 1.807) is 6.92 Å². The lowest BCUT2D eigenvalue weighted by molar-refractivity contribution is -0.139. The number of carbonyl (C=O) groups excluding carboxylic acids is 1. The fourth-order valence-electron chi connectivity index (χ4n) is 2.14. The SMILES string of the molecule is C=C(C)C(=O)OCCCCCCCCCCCC[Si]C(I)I. The molecule has 2 radical (unpaired) electrons. The Morgan fingerprint density at radius 1 is 0.955 bits per heavy atom. The molecule has 128 valence electrons. The third-order valence-corrected chi connectivity index (χ3v) is 7.04. The average molecular weight is 548 g/mol. The van der Waals surface area contributed by atoms with Gasteiger partial charge in [-0.05, 0) is 13.3 Å². The molecule has 0 aliphatic rings. The maximum absolute atomic E-state index is 11.2. The zero-order valence-electron chi connectivity index (χ0n) is 13.8. The van der Waals surface area contributed by atoms with Gasteiger partial charge in [-0.1, -0.05) is 116 Å².